The first-order valence-corrected chi connectivity index (χ1v) is 30.0. The summed E-state index contributed by atoms with van der Waals surface area (Å²) in [7, 11) is 1.62. The van der Waals surface area contributed by atoms with Crippen LogP contribution in [0, 0.1) is 0 Å². The molecule has 0 aliphatic rings. The van der Waals surface area contributed by atoms with Gasteiger partial charge in [0.2, 0.25) is 5.91 Å². The summed E-state index contributed by atoms with van der Waals surface area (Å²) in [6.07, 6.45) is 58.4. The smallest absolute Gasteiger partial charge is 0.391 e. The summed E-state index contributed by atoms with van der Waals surface area (Å²) in [5, 5.41) is 14.1. The van der Waals surface area contributed by atoms with Crippen LogP contribution in [0.15, 0.2) is 12.2 Å². The largest absolute Gasteiger partial charge is 0.472 e. The van der Waals surface area contributed by atoms with E-state index in [0.717, 1.165) is 51.4 Å². The van der Waals surface area contributed by atoms with E-state index in [9.17, 15) is 19.4 Å². The number of quaternary nitrogens is 1. The number of unbranched alkanes of at least 4 members (excludes halogenated alkanes) is 38. The van der Waals surface area contributed by atoms with E-state index in [1.807, 2.05) is 21.1 Å². The number of phosphoric ester groups is 1. The average Bonchev–Trinajstić information content (AvgIpc) is 3.26. The van der Waals surface area contributed by atoms with Gasteiger partial charge in [-0.15, -0.1) is 0 Å². The minimum atomic E-state index is -4.32. The molecule has 0 heterocycles. The molecule has 3 atom stereocenters. The molecule has 0 aliphatic heterocycles. The summed E-state index contributed by atoms with van der Waals surface area (Å²) in [5.41, 5.74) is 0. The Hall–Kier alpha value is -0.760. The zero-order chi connectivity index (χ0) is 47.8. The van der Waals surface area contributed by atoms with Gasteiger partial charge < -0.3 is 19.8 Å². The summed E-state index contributed by atoms with van der Waals surface area (Å²) in [6.45, 7) is 4.91. The number of hydrogen-bond acceptors (Lipinski definition) is 5. The first-order chi connectivity index (χ1) is 31.5. The Balaban J connectivity index is 4.08. The Morgan fingerprint density at radius 3 is 1.18 bits per heavy atom. The van der Waals surface area contributed by atoms with E-state index in [4.69, 9.17) is 9.05 Å². The second-order valence-electron chi connectivity index (χ2n) is 21.0. The highest BCUT2D eigenvalue weighted by Gasteiger charge is 2.28. The van der Waals surface area contributed by atoms with Gasteiger partial charge in [-0.25, -0.2) is 4.57 Å². The fourth-order valence-electron chi connectivity index (χ4n) is 8.75. The van der Waals surface area contributed by atoms with Crippen LogP contribution < -0.4 is 5.32 Å². The second kappa shape index (κ2) is 48.3. The number of allylic oxidation sites excluding steroid dienone is 2. The molecule has 0 bridgehead atoms. The molecule has 0 fully saturated rings. The number of amides is 1. The van der Waals surface area contributed by atoms with Crippen LogP contribution in [-0.4, -0.2) is 73.4 Å². The maximum atomic E-state index is 12.9. The van der Waals surface area contributed by atoms with Crippen LogP contribution in [0.5, 0.6) is 0 Å². The van der Waals surface area contributed by atoms with E-state index in [1.54, 1.807) is 0 Å². The van der Waals surface area contributed by atoms with E-state index in [-0.39, 0.29) is 19.1 Å². The van der Waals surface area contributed by atoms with Crippen LogP contribution in [0.1, 0.15) is 290 Å². The van der Waals surface area contributed by atoms with Gasteiger partial charge in [0.25, 0.3) is 0 Å². The number of hydrogen-bond donors (Lipinski definition) is 3. The minimum absolute atomic E-state index is 0.0754. The highest BCUT2D eigenvalue weighted by atomic mass is 31.2. The van der Waals surface area contributed by atoms with Crippen LogP contribution in [-0.2, 0) is 18.4 Å². The van der Waals surface area contributed by atoms with Crippen molar-refractivity contribution in [2.45, 2.75) is 302 Å². The zero-order valence-corrected chi connectivity index (χ0v) is 45.2. The molecular weight excluding hydrogens is 828 g/mol. The van der Waals surface area contributed by atoms with Gasteiger partial charge in [0.1, 0.15) is 13.2 Å². The molecule has 0 rings (SSSR count). The quantitative estimate of drug-likeness (QED) is 0.0243. The molecule has 0 aromatic rings. The van der Waals surface area contributed by atoms with Crippen molar-refractivity contribution in [3.05, 3.63) is 12.2 Å². The number of nitrogens with one attached hydrogen (secondary N) is 1. The number of carbonyl (C=O) groups excluding carboxylic acids is 1. The standard InChI is InChI=1S/C56H113N2O6P/c1-6-8-10-12-14-16-18-20-22-23-24-25-26-27-28-29-30-31-32-33-34-36-37-39-41-43-45-47-49-55(59)54(53-64-65(61,62)63-52-51-58(3,4)5)57-56(60)50-48-46-44-42-40-38-35-21-19-17-15-13-11-9-7-2/h21,35,54-55,59H,6-20,22-34,36-53H2,1-5H3,(H-,57,60,61,62)/p+1/b35-21-. The summed E-state index contributed by atoms with van der Waals surface area (Å²) >= 11 is 0. The minimum Gasteiger partial charge on any atom is -0.391 e. The topological polar surface area (TPSA) is 105 Å². The SMILES string of the molecule is CCCCCCCC/C=C\CCCCCCCC(=O)NC(COP(=O)(O)OCC[N+](C)(C)C)C(O)CCCCCCCCCCCCCCCCCCCCCCCCCCCCCC. The molecule has 3 unspecified atom stereocenters. The molecule has 0 spiro atoms. The van der Waals surface area contributed by atoms with Crippen molar-refractivity contribution in [2.24, 2.45) is 0 Å². The van der Waals surface area contributed by atoms with Crippen molar-refractivity contribution in [3.8, 4) is 0 Å². The van der Waals surface area contributed by atoms with E-state index >= 15 is 0 Å². The number of aliphatic hydroxyl groups is 1. The molecule has 0 aromatic carbocycles. The van der Waals surface area contributed by atoms with Crippen molar-refractivity contribution in [1.82, 2.24) is 5.32 Å². The molecule has 1 amide bonds. The second-order valence-corrected chi connectivity index (χ2v) is 22.5. The van der Waals surface area contributed by atoms with Crippen LogP contribution in [0.2, 0.25) is 0 Å². The molecule has 9 heteroatoms. The van der Waals surface area contributed by atoms with Crippen molar-refractivity contribution in [2.75, 3.05) is 40.9 Å². The number of nitrogens with zero attached hydrogens (tertiary/aromatic N) is 1. The number of aliphatic hydroxyl groups excluding tert-OH is 1. The normalized spacial score (nSPS) is 14.0. The molecule has 3 N–H and O–H groups in total. The third kappa shape index (κ3) is 50.9. The van der Waals surface area contributed by atoms with Crippen LogP contribution in [0.3, 0.4) is 0 Å². The Labute approximate surface area is 405 Å². The van der Waals surface area contributed by atoms with E-state index in [2.05, 4.69) is 31.3 Å². The Bertz CT molecular complexity index is 1070. The lowest BCUT2D eigenvalue weighted by molar-refractivity contribution is -0.870. The van der Waals surface area contributed by atoms with Crippen LogP contribution in [0.25, 0.3) is 0 Å². The molecule has 388 valence electrons. The number of likely N-dealkylation sites (N-methyl/N-ethyl adjacent to an activating group) is 1. The summed E-state index contributed by atoms with van der Waals surface area (Å²) < 4.78 is 23.8. The zero-order valence-electron chi connectivity index (χ0n) is 44.3. The predicted octanol–water partition coefficient (Wildman–Crippen LogP) is 17.0. The average molecular weight is 943 g/mol. The van der Waals surface area contributed by atoms with Gasteiger partial charge in [-0.2, -0.15) is 0 Å². The number of carbonyl (C=O) groups is 1. The highest BCUT2D eigenvalue weighted by Crippen LogP contribution is 2.43. The molecular formula is C56H114N2O6P+. The predicted molar refractivity (Wildman–Crippen MR) is 282 cm³/mol. The molecule has 0 saturated carbocycles. The monoisotopic (exact) mass is 942 g/mol. The maximum absolute atomic E-state index is 12.9. The molecule has 0 radical (unpaired) electrons. The molecule has 65 heavy (non-hydrogen) atoms. The van der Waals surface area contributed by atoms with Gasteiger partial charge in [0.15, 0.2) is 0 Å². The van der Waals surface area contributed by atoms with Gasteiger partial charge in [-0.05, 0) is 38.5 Å². The highest BCUT2D eigenvalue weighted by molar-refractivity contribution is 7.47. The van der Waals surface area contributed by atoms with Crippen molar-refractivity contribution >= 4 is 13.7 Å². The van der Waals surface area contributed by atoms with Crippen LogP contribution >= 0.6 is 7.82 Å². The lowest BCUT2D eigenvalue weighted by Crippen LogP contribution is -2.46. The summed E-state index contributed by atoms with van der Waals surface area (Å²) in [5.74, 6) is -0.149. The van der Waals surface area contributed by atoms with Gasteiger partial charge in [0, 0.05) is 6.42 Å². The lowest BCUT2D eigenvalue weighted by Gasteiger charge is -2.26. The Morgan fingerprint density at radius 2 is 0.831 bits per heavy atom. The molecule has 0 aliphatic carbocycles. The fourth-order valence-corrected chi connectivity index (χ4v) is 9.49. The van der Waals surface area contributed by atoms with Crippen molar-refractivity contribution < 1.29 is 32.9 Å². The summed E-state index contributed by atoms with van der Waals surface area (Å²) in [6, 6.07) is -0.762. The molecule has 8 nitrogen and oxygen atoms in total. The van der Waals surface area contributed by atoms with Crippen molar-refractivity contribution in [1.29, 1.82) is 0 Å². The third-order valence-corrected chi connectivity index (χ3v) is 14.2. The first kappa shape index (κ1) is 64.2. The number of phosphoric acid groups is 1. The van der Waals surface area contributed by atoms with Gasteiger partial charge >= 0.3 is 7.82 Å². The van der Waals surface area contributed by atoms with Gasteiger partial charge in [-0.3, -0.25) is 13.8 Å². The van der Waals surface area contributed by atoms with Gasteiger partial charge in [0.05, 0.1) is 39.9 Å². The lowest BCUT2D eigenvalue weighted by atomic mass is 10.0. The third-order valence-electron chi connectivity index (χ3n) is 13.3. The fraction of sp³-hybridized carbons (Fsp3) is 0.946. The van der Waals surface area contributed by atoms with E-state index < -0.39 is 20.0 Å². The Morgan fingerprint density at radius 1 is 0.508 bits per heavy atom. The maximum Gasteiger partial charge on any atom is 0.472 e. The summed E-state index contributed by atoms with van der Waals surface area (Å²) in [4.78, 5) is 23.3. The molecule has 0 aromatic heterocycles. The Kier molecular flexibility index (Phi) is 47.7. The van der Waals surface area contributed by atoms with E-state index in [0.29, 0.717) is 23.9 Å². The van der Waals surface area contributed by atoms with Crippen LogP contribution in [0.4, 0.5) is 0 Å². The first-order valence-electron chi connectivity index (χ1n) is 28.6. The van der Waals surface area contributed by atoms with Crippen molar-refractivity contribution in [3.63, 3.8) is 0 Å². The molecule has 0 saturated heterocycles. The van der Waals surface area contributed by atoms with E-state index in [1.165, 1.54) is 212 Å². The van der Waals surface area contributed by atoms with Gasteiger partial charge in [-0.1, -0.05) is 257 Å². The number of rotatable bonds is 53.